The van der Waals surface area contributed by atoms with Crippen LogP contribution >= 0.6 is 0 Å². The van der Waals surface area contributed by atoms with Crippen LogP contribution in [0.5, 0.6) is 5.75 Å². The first-order valence-electron chi connectivity index (χ1n) is 7.38. The van der Waals surface area contributed by atoms with Gasteiger partial charge in [-0.15, -0.1) is 0 Å². The quantitative estimate of drug-likeness (QED) is 0.841. The third kappa shape index (κ3) is 4.00. The number of hydrogen-bond donors (Lipinski definition) is 1. The largest absolute Gasteiger partial charge is 0.497 e. The number of likely N-dealkylation sites (N-methyl/N-ethyl adjacent to an activating group) is 1. The zero-order chi connectivity index (χ0) is 16.9. The molecule has 5 heteroatoms. The van der Waals surface area contributed by atoms with Crippen LogP contribution in [0.2, 0.25) is 0 Å². The molecular formula is C17H25NO4. The van der Waals surface area contributed by atoms with E-state index in [1.54, 1.807) is 7.11 Å². The second-order valence-electron chi connectivity index (χ2n) is 5.90. The van der Waals surface area contributed by atoms with Crippen molar-refractivity contribution in [3.8, 4) is 5.75 Å². The highest BCUT2D eigenvalue weighted by atomic mass is 16.5. The van der Waals surface area contributed by atoms with Crippen LogP contribution in [0.25, 0.3) is 0 Å². The van der Waals surface area contributed by atoms with Crippen molar-refractivity contribution in [2.24, 2.45) is 0 Å². The van der Waals surface area contributed by atoms with Crippen molar-refractivity contribution in [1.82, 2.24) is 4.90 Å². The first kappa shape index (κ1) is 18.0. The fourth-order valence-corrected chi connectivity index (χ4v) is 2.18. The van der Waals surface area contributed by atoms with Gasteiger partial charge in [0.05, 0.1) is 7.11 Å². The van der Waals surface area contributed by atoms with Gasteiger partial charge in [-0.3, -0.25) is 4.79 Å². The van der Waals surface area contributed by atoms with Gasteiger partial charge in [-0.1, -0.05) is 19.1 Å². The lowest BCUT2D eigenvalue weighted by molar-refractivity contribution is -0.155. The Balaban J connectivity index is 2.84. The highest BCUT2D eigenvalue weighted by Crippen LogP contribution is 2.27. The zero-order valence-corrected chi connectivity index (χ0v) is 13.9. The smallest absolute Gasteiger partial charge is 0.329 e. The number of ether oxygens (including phenoxy) is 1. The van der Waals surface area contributed by atoms with E-state index < -0.39 is 11.5 Å². The molecule has 0 aliphatic heterocycles. The van der Waals surface area contributed by atoms with Gasteiger partial charge < -0.3 is 14.7 Å². The van der Waals surface area contributed by atoms with Gasteiger partial charge in [0.15, 0.2) is 0 Å². The third-order valence-corrected chi connectivity index (χ3v) is 4.24. The molecule has 5 nitrogen and oxygen atoms in total. The second kappa shape index (κ2) is 7.29. The Hall–Kier alpha value is -2.04. The maximum absolute atomic E-state index is 12.4. The fraction of sp³-hybridized carbons (Fsp3) is 0.529. The number of carbonyl (C=O) groups is 2. The van der Waals surface area contributed by atoms with Gasteiger partial charge in [-0.25, -0.2) is 4.79 Å². The molecule has 0 radical (unpaired) electrons. The number of carboxylic acids is 1. The Morgan fingerprint density at radius 2 is 1.82 bits per heavy atom. The van der Waals surface area contributed by atoms with Crippen molar-refractivity contribution in [2.75, 3.05) is 14.2 Å². The minimum absolute atomic E-state index is 0.0606. The van der Waals surface area contributed by atoms with Gasteiger partial charge in [-0.05, 0) is 43.9 Å². The molecule has 0 aliphatic carbocycles. The molecule has 0 saturated carbocycles. The zero-order valence-electron chi connectivity index (χ0n) is 13.9. The van der Waals surface area contributed by atoms with Crippen LogP contribution in [0, 0.1) is 0 Å². The monoisotopic (exact) mass is 307 g/mol. The molecule has 1 amide bonds. The molecule has 0 fully saturated rings. The van der Waals surface area contributed by atoms with Crippen LogP contribution in [0.4, 0.5) is 0 Å². The number of aliphatic carboxylic acids is 1. The molecule has 22 heavy (non-hydrogen) atoms. The highest BCUT2D eigenvalue weighted by Gasteiger charge is 2.35. The molecule has 1 rings (SSSR count). The minimum atomic E-state index is -1.21. The van der Waals surface area contributed by atoms with Crippen LogP contribution in [-0.4, -0.2) is 41.6 Å². The first-order valence-corrected chi connectivity index (χ1v) is 7.38. The number of carboxylic acid groups (broad SMARTS) is 1. The normalized spacial score (nSPS) is 12.6. The number of benzene rings is 1. The summed E-state index contributed by atoms with van der Waals surface area (Å²) in [4.78, 5) is 25.0. The summed E-state index contributed by atoms with van der Waals surface area (Å²) in [6.45, 7) is 5.08. The van der Waals surface area contributed by atoms with Gasteiger partial charge in [-0.2, -0.15) is 0 Å². The SMILES string of the molecule is CCC(CC(=O)N(C)C(C)(C)C(=O)O)c1ccc(OC)cc1. The minimum Gasteiger partial charge on any atom is -0.497 e. The Bertz CT molecular complexity index is 522. The second-order valence-corrected chi connectivity index (χ2v) is 5.90. The molecule has 0 heterocycles. The summed E-state index contributed by atoms with van der Waals surface area (Å²) in [5.74, 6) is -0.351. The summed E-state index contributed by atoms with van der Waals surface area (Å²) < 4.78 is 5.13. The number of hydrogen-bond acceptors (Lipinski definition) is 3. The summed E-state index contributed by atoms with van der Waals surface area (Å²) in [6.07, 6.45) is 1.09. The average molecular weight is 307 g/mol. The average Bonchev–Trinajstić information content (AvgIpc) is 2.51. The number of nitrogens with zero attached hydrogens (tertiary/aromatic N) is 1. The molecule has 1 aromatic carbocycles. The molecule has 1 aromatic rings. The topological polar surface area (TPSA) is 66.8 Å². The van der Waals surface area contributed by atoms with Gasteiger partial charge in [0.25, 0.3) is 0 Å². The standard InChI is InChI=1S/C17H25NO4/c1-6-12(13-7-9-14(22-5)10-8-13)11-15(19)18(4)17(2,3)16(20)21/h7-10,12H,6,11H2,1-5H3,(H,20,21). The van der Waals surface area contributed by atoms with Crippen LogP contribution < -0.4 is 4.74 Å². The van der Waals surface area contributed by atoms with Gasteiger partial charge in [0.2, 0.25) is 5.91 Å². The molecule has 1 atom stereocenters. The Morgan fingerprint density at radius 1 is 1.27 bits per heavy atom. The van der Waals surface area contributed by atoms with E-state index in [1.807, 2.05) is 31.2 Å². The van der Waals surface area contributed by atoms with Gasteiger partial charge in [0, 0.05) is 13.5 Å². The summed E-state index contributed by atoms with van der Waals surface area (Å²) in [6, 6.07) is 7.63. The summed E-state index contributed by atoms with van der Waals surface area (Å²) in [5.41, 5.74) is -0.159. The van der Waals surface area contributed by atoms with E-state index in [0.717, 1.165) is 17.7 Å². The van der Waals surface area contributed by atoms with Crippen molar-refractivity contribution in [2.45, 2.75) is 45.1 Å². The maximum Gasteiger partial charge on any atom is 0.329 e. The van der Waals surface area contributed by atoms with E-state index in [4.69, 9.17) is 4.74 Å². The summed E-state index contributed by atoms with van der Waals surface area (Å²) in [5, 5.41) is 9.22. The molecule has 0 saturated heterocycles. The molecule has 0 bridgehead atoms. The number of rotatable bonds is 7. The summed E-state index contributed by atoms with van der Waals surface area (Å²) >= 11 is 0. The molecular weight excluding hydrogens is 282 g/mol. The molecule has 1 N–H and O–H groups in total. The summed E-state index contributed by atoms with van der Waals surface area (Å²) in [7, 11) is 3.15. The van der Waals surface area contributed by atoms with Crippen molar-refractivity contribution in [1.29, 1.82) is 0 Å². The molecule has 0 aliphatic rings. The van der Waals surface area contributed by atoms with Crippen LogP contribution in [0.3, 0.4) is 0 Å². The fourth-order valence-electron chi connectivity index (χ4n) is 2.18. The van der Waals surface area contributed by atoms with E-state index in [9.17, 15) is 14.7 Å². The van der Waals surface area contributed by atoms with E-state index in [1.165, 1.54) is 25.8 Å². The van der Waals surface area contributed by atoms with Crippen LogP contribution in [0.15, 0.2) is 24.3 Å². The van der Waals surface area contributed by atoms with Crippen molar-refractivity contribution >= 4 is 11.9 Å². The number of carbonyl (C=O) groups excluding carboxylic acids is 1. The maximum atomic E-state index is 12.4. The Labute approximate surface area is 131 Å². The molecule has 0 aromatic heterocycles. The predicted molar refractivity (Wildman–Crippen MR) is 85.1 cm³/mol. The lowest BCUT2D eigenvalue weighted by Gasteiger charge is -2.32. The van der Waals surface area contributed by atoms with Crippen molar-refractivity contribution in [3.63, 3.8) is 0 Å². The number of methoxy groups -OCH3 is 1. The first-order chi connectivity index (χ1) is 10.2. The van der Waals surface area contributed by atoms with E-state index >= 15 is 0 Å². The lowest BCUT2D eigenvalue weighted by Crippen LogP contribution is -2.51. The molecule has 122 valence electrons. The van der Waals surface area contributed by atoms with Crippen molar-refractivity contribution < 1.29 is 19.4 Å². The van der Waals surface area contributed by atoms with Gasteiger partial charge >= 0.3 is 5.97 Å². The predicted octanol–water partition coefficient (Wildman–Crippen LogP) is 2.90. The highest BCUT2D eigenvalue weighted by molar-refractivity contribution is 5.86. The number of amides is 1. The van der Waals surface area contributed by atoms with E-state index in [0.29, 0.717) is 0 Å². The van der Waals surface area contributed by atoms with Crippen LogP contribution in [0.1, 0.15) is 45.1 Å². The van der Waals surface area contributed by atoms with E-state index in [2.05, 4.69) is 0 Å². The molecule has 0 spiro atoms. The Kier molecular flexibility index (Phi) is 5.97. The van der Waals surface area contributed by atoms with Crippen LogP contribution in [-0.2, 0) is 9.59 Å². The van der Waals surface area contributed by atoms with E-state index in [-0.39, 0.29) is 18.2 Å². The lowest BCUT2D eigenvalue weighted by atomic mass is 9.91. The van der Waals surface area contributed by atoms with Gasteiger partial charge in [0.1, 0.15) is 11.3 Å². The van der Waals surface area contributed by atoms with Crippen molar-refractivity contribution in [3.05, 3.63) is 29.8 Å². The Morgan fingerprint density at radius 3 is 2.23 bits per heavy atom. The molecule has 1 unspecified atom stereocenters. The third-order valence-electron chi connectivity index (χ3n) is 4.24.